The number of hydrogen-bond donors (Lipinski definition) is 3. The van der Waals surface area contributed by atoms with Crippen LogP contribution >= 0.6 is 11.6 Å². The Bertz CT molecular complexity index is 1500. The summed E-state index contributed by atoms with van der Waals surface area (Å²) in [6, 6.07) is 12.8. The Morgan fingerprint density at radius 1 is 1.06 bits per heavy atom. The Morgan fingerprint density at radius 2 is 1.72 bits per heavy atom. The van der Waals surface area contributed by atoms with Crippen LogP contribution in [0.1, 0.15) is 37.4 Å². The maximum absolute atomic E-state index is 17.5. The number of carbonyl (C=O) groups excluding carboxylic acids is 1. The zero-order valence-corrected chi connectivity index (χ0v) is 21.7. The molecule has 1 amide bonds. The molecule has 36 heavy (non-hydrogen) atoms. The van der Waals surface area contributed by atoms with E-state index in [0.717, 1.165) is 17.3 Å². The number of para-hydroxylation sites is 1. The minimum Gasteiger partial charge on any atom is -0.478 e. The number of primary amides is 1. The number of hydrogen-bond acceptors (Lipinski definition) is 2. The third kappa shape index (κ3) is 4.42. The molecule has 0 spiro atoms. The lowest BCUT2D eigenvalue weighted by atomic mass is 9.81. The summed E-state index contributed by atoms with van der Waals surface area (Å²) in [6.07, 6.45) is 1.03. The van der Waals surface area contributed by atoms with Crippen molar-refractivity contribution < 1.29 is 23.5 Å². The Kier molecular flexibility index (Phi) is 6.53. The van der Waals surface area contributed by atoms with E-state index >= 15 is 4.39 Å². The van der Waals surface area contributed by atoms with Crippen LogP contribution < -0.4 is 10.9 Å². The highest BCUT2D eigenvalue weighted by Gasteiger charge is 2.40. The quantitative estimate of drug-likeness (QED) is 0.267. The van der Waals surface area contributed by atoms with Gasteiger partial charge in [-0.05, 0) is 40.6 Å². The zero-order chi connectivity index (χ0) is 26.4. The predicted octanol–water partition coefficient (Wildman–Crippen LogP) is 5.76. The van der Waals surface area contributed by atoms with Gasteiger partial charge >= 0.3 is 5.97 Å². The molecule has 4 rings (SSSR count). The summed E-state index contributed by atoms with van der Waals surface area (Å²) in [5.41, 5.74) is 4.18. The monoisotopic (exact) mass is 526 g/mol. The molecule has 0 aliphatic rings. The fourth-order valence-electron chi connectivity index (χ4n) is 4.58. The van der Waals surface area contributed by atoms with E-state index in [-0.39, 0.29) is 44.8 Å². The summed E-state index contributed by atoms with van der Waals surface area (Å²) in [7, 11) is -1.99. The van der Waals surface area contributed by atoms with Crippen LogP contribution in [0.3, 0.4) is 0 Å². The first-order valence-electron chi connectivity index (χ1n) is 11.2. The number of H-pyrrole nitrogens is 1. The van der Waals surface area contributed by atoms with Crippen LogP contribution in [0.2, 0.25) is 24.7 Å². The van der Waals surface area contributed by atoms with E-state index in [4.69, 9.17) is 17.3 Å². The maximum Gasteiger partial charge on any atom is 0.337 e. The molecule has 0 saturated heterocycles. The van der Waals surface area contributed by atoms with Gasteiger partial charge in [-0.3, -0.25) is 4.79 Å². The van der Waals surface area contributed by atoms with Crippen LogP contribution in [0, 0.1) is 5.82 Å². The smallest absolute Gasteiger partial charge is 0.337 e. The van der Waals surface area contributed by atoms with Gasteiger partial charge in [-0.25, -0.2) is 13.6 Å². The number of carboxylic acid groups (broad SMARTS) is 1. The SMILES string of the molecule is C[Si](C)(C)c1ccc(C(N)=O)c(CC(F)(c2ccc(F)cc2)c2c[nH]c3c(C(=O)O)cccc23)c1Cl. The van der Waals surface area contributed by atoms with Crippen molar-refractivity contribution in [3.8, 4) is 0 Å². The van der Waals surface area contributed by atoms with Crippen LogP contribution in [0.4, 0.5) is 8.78 Å². The topological polar surface area (TPSA) is 96.2 Å². The normalized spacial score (nSPS) is 13.5. The van der Waals surface area contributed by atoms with E-state index in [1.807, 2.05) is 0 Å². The number of benzene rings is 3. The van der Waals surface area contributed by atoms with Crippen LogP contribution in [-0.4, -0.2) is 30.0 Å². The van der Waals surface area contributed by atoms with E-state index in [9.17, 15) is 19.1 Å². The van der Waals surface area contributed by atoms with Gasteiger partial charge in [-0.1, -0.05) is 61.6 Å². The molecule has 0 radical (unpaired) electrons. The molecule has 1 unspecified atom stereocenters. The van der Waals surface area contributed by atoms with E-state index in [0.29, 0.717) is 5.39 Å². The molecule has 4 aromatic rings. The molecule has 1 atom stereocenters. The van der Waals surface area contributed by atoms with Crippen molar-refractivity contribution in [3.63, 3.8) is 0 Å². The number of halogens is 3. The highest BCUT2D eigenvalue weighted by molar-refractivity contribution is 6.90. The first-order chi connectivity index (χ1) is 16.8. The largest absolute Gasteiger partial charge is 0.478 e. The summed E-state index contributed by atoms with van der Waals surface area (Å²) in [6.45, 7) is 6.24. The van der Waals surface area contributed by atoms with Gasteiger partial charge < -0.3 is 15.8 Å². The molecular formula is C27H25ClF2N2O3Si. The van der Waals surface area contributed by atoms with Crippen LogP contribution in [-0.2, 0) is 12.1 Å². The van der Waals surface area contributed by atoms with Crippen LogP contribution in [0.15, 0.2) is 60.8 Å². The summed E-state index contributed by atoms with van der Waals surface area (Å²) in [4.78, 5) is 27.0. The first-order valence-corrected chi connectivity index (χ1v) is 15.1. The minimum absolute atomic E-state index is 0.0169. The number of aromatic nitrogens is 1. The molecule has 1 heterocycles. The van der Waals surface area contributed by atoms with Crippen molar-refractivity contribution in [1.29, 1.82) is 0 Å². The molecule has 186 valence electrons. The lowest BCUT2D eigenvalue weighted by Gasteiger charge is -2.29. The Labute approximate surface area is 212 Å². The number of aromatic carboxylic acids is 1. The highest BCUT2D eigenvalue weighted by atomic mass is 35.5. The summed E-state index contributed by atoms with van der Waals surface area (Å²) < 4.78 is 31.3. The molecule has 5 nitrogen and oxygen atoms in total. The molecular weight excluding hydrogens is 502 g/mol. The Balaban J connectivity index is 2.02. The van der Waals surface area contributed by atoms with Gasteiger partial charge in [-0.15, -0.1) is 0 Å². The average molecular weight is 527 g/mol. The number of aromatic amines is 1. The minimum atomic E-state index is -2.31. The van der Waals surface area contributed by atoms with E-state index < -0.39 is 31.4 Å². The van der Waals surface area contributed by atoms with Crippen molar-refractivity contribution in [2.24, 2.45) is 5.73 Å². The molecule has 0 aliphatic heterocycles. The fraction of sp³-hybridized carbons (Fsp3) is 0.185. The van der Waals surface area contributed by atoms with Crippen molar-refractivity contribution in [2.45, 2.75) is 31.7 Å². The van der Waals surface area contributed by atoms with Gasteiger partial charge in [0.25, 0.3) is 0 Å². The second-order valence-corrected chi connectivity index (χ2v) is 15.2. The molecule has 3 aromatic carbocycles. The number of alkyl halides is 1. The standard InChI is InChI=1S/C27H25ClF2N2O3Si/c1-36(2,3)22-12-11-17(25(31)33)20(23(22)28)13-27(30,15-7-9-16(29)10-8-15)21-14-32-24-18(21)5-4-6-19(24)26(34)35/h4-12,14,32H,13H2,1-3H3,(H2,31,33)(H,34,35). The Hall–Kier alpha value is -3.49. The highest BCUT2D eigenvalue weighted by Crippen LogP contribution is 2.43. The lowest BCUT2D eigenvalue weighted by molar-refractivity contribution is 0.0698. The molecule has 4 N–H and O–H groups in total. The third-order valence-corrected chi connectivity index (χ3v) is 9.03. The second kappa shape index (κ2) is 9.18. The van der Waals surface area contributed by atoms with Gasteiger partial charge in [0.05, 0.1) is 19.2 Å². The van der Waals surface area contributed by atoms with Gasteiger partial charge in [0.2, 0.25) is 5.91 Å². The summed E-state index contributed by atoms with van der Waals surface area (Å²) >= 11 is 6.82. The Morgan fingerprint density at radius 3 is 2.31 bits per heavy atom. The number of fused-ring (bicyclic) bond motifs is 1. The number of rotatable bonds is 7. The van der Waals surface area contributed by atoms with Gasteiger partial charge in [0, 0.05) is 34.2 Å². The molecule has 0 bridgehead atoms. The number of nitrogens with one attached hydrogen (secondary N) is 1. The third-order valence-electron chi connectivity index (χ3n) is 6.41. The van der Waals surface area contributed by atoms with Crippen LogP contribution in [0.5, 0.6) is 0 Å². The fourth-order valence-corrected chi connectivity index (χ4v) is 7.05. The van der Waals surface area contributed by atoms with Gasteiger partial charge in [0.1, 0.15) is 5.82 Å². The molecule has 0 aliphatic carbocycles. The van der Waals surface area contributed by atoms with Crippen molar-refractivity contribution in [2.75, 3.05) is 0 Å². The molecule has 9 heteroatoms. The van der Waals surface area contributed by atoms with Gasteiger partial charge in [-0.2, -0.15) is 0 Å². The number of nitrogens with two attached hydrogens (primary N) is 1. The van der Waals surface area contributed by atoms with Crippen molar-refractivity contribution >= 4 is 47.6 Å². The predicted molar refractivity (Wildman–Crippen MR) is 140 cm³/mol. The number of amides is 1. The summed E-state index contributed by atoms with van der Waals surface area (Å²) in [5, 5.41) is 11.1. The molecule has 0 saturated carbocycles. The molecule has 1 aromatic heterocycles. The maximum atomic E-state index is 17.5. The van der Waals surface area contributed by atoms with Crippen molar-refractivity contribution in [1.82, 2.24) is 4.98 Å². The number of carbonyl (C=O) groups is 2. The van der Waals surface area contributed by atoms with E-state index in [1.165, 1.54) is 30.5 Å². The first kappa shape index (κ1) is 25.6. The van der Waals surface area contributed by atoms with E-state index in [1.54, 1.807) is 18.2 Å². The summed E-state index contributed by atoms with van der Waals surface area (Å²) in [5.74, 6) is -2.45. The van der Waals surface area contributed by atoms with Gasteiger partial charge in [0.15, 0.2) is 5.67 Å². The lowest BCUT2D eigenvalue weighted by Crippen LogP contribution is -2.40. The zero-order valence-electron chi connectivity index (χ0n) is 20.0. The van der Waals surface area contributed by atoms with Crippen molar-refractivity contribution in [3.05, 3.63) is 99.5 Å². The number of carboxylic acids is 1. The molecule has 0 fully saturated rings. The van der Waals surface area contributed by atoms with Crippen LogP contribution in [0.25, 0.3) is 10.9 Å². The second-order valence-electron chi connectivity index (χ2n) is 9.79. The van der Waals surface area contributed by atoms with E-state index in [2.05, 4.69) is 24.6 Å². The average Bonchev–Trinajstić information content (AvgIpc) is 3.24.